The van der Waals surface area contributed by atoms with E-state index in [1.807, 2.05) is 35.4 Å². The van der Waals surface area contributed by atoms with Crippen molar-refractivity contribution in [1.29, 1.82) is 0 Å². The van der Waals surface area contributed by atoms with Crippen molar-refractivity contribution in [3.63, 3.8) is 0 Å². The third-order valence-corrected chi connectivity index (χ3v) is 6.79. The molecule has 0 aliphatic carbocycles. The Morgan fingerprint density at radius 2 is 2.00 bits per heavy atom. The Kier molecular flexibility index (Phi) is 4.79. The summed E-state index contributed by atoms with van der Waals surface area (Å²) in [5.41, 5.74) is -0.0618. The molecule has 1 aromatic carbocycles. The maximum Gasteiger partial charge on any atom is 0.254 e. The predicted octanol–water partition coefficient (Wildman–Crippen LogP) is 2.04. The normalized spacial score (nSPS) is 35.0. The summed E-state index contributed by atoms with van der Waals surface area (Å²) in [6.45, 7) is 2.82. The van der Waals surface area contributed by atoms with Gasteiger partial charge in [-0.05, 0) is 36.9 Å². The van der Waals surface area contributed by atoms with Crippen LogP contribution in [0.3, 0.4) is 0 Å². The van der Waals surface area contributed by atoms with E-state index in [1.54, 1.807) is 11.8 Å². The molecule has 0 aromatic heterocycles. The lowest BCUT2D eigenvalue weighted by Gasteiger charge is -2.57. The van der Waals surface area contributed by atoms with Crippen LogP contribution in [0.25, 0.3) is 0 Å². The van der Waals surface area contributed by atoms with E-state index in [4.69, 9.17) is 9.47 Å². The molecule has 136 valence electrons. The van der Waals surface area contributed by atoms with Crippen molar-refractivity contribution in [2.45, 2.75) is 29.4 Å². The van der Waals surface area contributed by atoms with Crippen LogP contribution in [0.5, 0.6) is 0 Å². The first-order valence-corrected chi connectivity index (χ1v) is 10.2. The van der Waals surface area contributed by atoms with E-state index < -0.39 is 5.60 Å². The van der Waals surface area contributed by atoms with Crippen molar-refractivity contribution in [3.05, 3.63) is 29.8 Å². The van der Waals surface area contributed by atoms with Gasteiger partial charge in [0.2, 0.25) is 0 Å². The molecule has 3 aliphatic rings. The molecule has 5 nitrogen and oxygen atoms in total. The van der Waals surface area contributed by atoms with Gasteiger partial charge in [0.1, 0.15) is 0 Å². The van der Waals surface area contributed by atoms with Gasteiger partial charge in [-0.15, -0.1) is 11.8 Å². The van der Waals surface area contributed by atoms with Crippen LogP contribution < -0.4 is 0 Å². The molecular formula is C19H25NO4S. The number of carbonyl (C=O) groups excluding carboxylic acids is 1. The molecule has 0 bridgehead atoms. The minimum Gasteiger partial charge on any atom is -0.389 e. The van der Waals surface area contributed by atoms with Crippen LogP contribution in [0, 0.1) is 11.8 Å². The highest BCUT2D eigenvalue weighted by molar-refractivity contribution is 7.98. The zero-order valence-electron chi connectivity index (χ0n) is 14.5. The average Bonchev–Trinajstić information content (AvgIpc) is 2.67. The molecule has 6 heteroatoms. The van der Waals surface area contributed by atoms with Crippen molar-refractivity contribution in [3.8, 4) is 0 Å². The second kappa shape index (κ2) is 6.91. The van der Waals surface area contributed by atoms with Crippen LogP contribution in [-0.2, 0) is 9.47 Å². The Morgan fingerprint density at radius 1 is 1.24 bits per heavy atom. The predicted molar refractivity (Wildman–Crippen MR) is 95.8 cm³/mol. The number of likely N-dealkylation sites (tertiary alicyclic amines) is 1. The summed E-state index contributed by atoms with van der Waals surface area (Å²) in [6, 6.07) is 7.83. The number of amides is 1. The van der Waals surface area contributed by atoms with Gasteiger partial charge < -0.3 is 19.5 Å². The largest absolute Gasteiger partial charge is 0.389 e. The van der Waals surface area contributed by atoms with Crippen LogP contribution in [0.2, 0.25) is 0 Å². The molecule has 3 saturated heterocycles. The van der Waals surface area contributed by atoms with Crippen LogP contribution >= 0.6 is 11.8 Å². The number of ether oxygens (including phenoxy) is 2. The summed E-state index contributed by atoms with van der Waals surface area (Å²) < 4.78 is 11.3. The van der Waals surface area contributed by atoms with Crippen molar-refractivity contribution in [1.82, 2.24) is 4.90 Å². The summed E-state index contributed by atoms with van der Waals surface area (Å²) in [6.07, 6.45) is 3.44. The van der Waals surface area contributed by atoms with E-state index in [0.717, 1.165) is 11.3 Å². The van der Waals surface area contributed by atoms with E-state index in [9.17, 15) is 9.90 Å². The first-order valence-electron chi connectivity index (χ1n) is 8.96. The van der Waals surface area contributed by atoms with Gasteiger partial charge in [0, 0.05) is 54.5 Å². The van der Waals surface area contributed by atoms with Crippen LogP contribution in [0.1, 0.15) is 23.2 Å². The van der Waals surface area contributed by atoms with Gasteiger partial charge in [0.25, 0.3) is 5.91 Å². The van der Waals surface area contributed by atoms with Crippen molar-refractivity contribution >= 4 is 17.7 Å². The second-order valence-electron chi connectivity index (χ2n) is 7.24. The fraction of sp³-hybridized carbons (Fsp3) is 0.632. The topological polar surface area (TPSA) is 59.0 Å². The third kappa shape index (κ3) is 2.99. The lowest BCUT2D eigenvalue weighted by molar-refractivity contribution is -0.212. The number of nitrogens with zero attached hydrogens (tertiary/aromatic N) is 1. The molecular weight excluding hydrogens is 338 g/mol. The van der Waals surface area contributed by atoms with Crippen LogP contribution in [0.15, 0.2) is 29.2 Å². The monoisotopic (exact) mass is 363 g/mol. The molecule has 0 unspecified atom stereocenters. The summed E-state index contributed by atoms with van der Waals surface area (Å²) in [7, 11) is 0. The summed E-state index contributed by atoms with van der Waals surface area (Å²) >= 11 is 1.67. The molecule has 4 atom stereocenters. The number of rotatable bonds is 2. The van der Waals surface area contributed by atoms with Gasteiger partial charge in [-0.3, -0.25) is 4.79 Å². The first kappa shape index (κ1) is 17.3. The lowest BCUT2D eigenvalue weighted by atomic mass is 9.66. The van der Waals surface area contributed by atoms with Gasteiger partial charge in [0.15, 0.2) is 0 Å². The highest BCUT2D eigenvalue weighted by Crippen LogP contribution is 2.44. The molecule has 1 aromatic rings. The molecule has 0 spiro atoms. The fourth-order valence-corrected chi connectivity index (χ4v) is 5.00. The van der Waals surface area contributed by atoms with E-state index in [1.165, 1.54) is 0 Å². The smallest absolute Gasteiger partial charge is 0.254 e. The Balaban J connectivity index is 1.62. The Hall–Kier alpha value is -1.08. The maximum atomic E-state index is 13.2. The third-order valence-electron chi connectivity index (χ3n) is 6.05. The lowest BCUT2D eigenvalue weighted by Crippen LogP contribution is -2.68. The molecule has 4 rings (SSSR count). The summed E-state index contributed by atoms with van der Waals surface area (Å²) in [4.78, 5) is 16.3. The Morgan fingerprint density at radius 3 is 2.76 bits per heavy atom. The molecule has 25 heavy (non-hydrogen) atoms. The first-order chi connectivity index (χ1) is 12.1. The minimum absolute atomic E-state index is 0.0293. The number of hydrogen-bond acceptors (Lipinski definition) is 5. The Bertz CT molecular complexity index is 637. The van der Waals surface area contributed by atoms with E-state index in [0.29, 0.717) is 45.0 Å². The number of thioether (sulfide) groups is 1. The highest BCUT2D eigenvalue weighted by Gasteiger charge is 2.56. The fourth-order valence-electron chi connectivity index (χ4n) is 4.59. The number of piperidine rings is 1. The van der Waals surface area contributed by atoms with E-state index >= 15 is 0 Å². The van der Waals surface area contributed by atoms with Gasteiger partial charge in [-0.2, -0.15) is 0 Å². The second-order valence-corrected chi connectivity index (χ2v) is 8.12. The van der Waals surface area contributed by atoms with E-state index in [-0.39, 0.29) is 23.8 Å². The van der Waals surface area contributed by atoms with E-state index in [2.05, 4.69) is 0 Å². The Labute approximate surface area is 152 Å². The summed E-state index contributed by atoms with van der Waals surface area (Å²) in [5, 5.41) is 11.3. The van der Waals surface area contributed by atoms with Gasteiger partial charge in [0.05, 0.1) is 18.8 Å². The van der Waals surface area contributed by atoms with Crippen molar-refractivity contribution in [2.75, 3.05) is 39.2 Å². The molecule has 1 N–H and O–H groups in total. The molecule has 0 radical (unpaired) electrons. The SMILES string of the molecule is CSc1ccc(C(=O)N2C[C@@H]3COCC[C@]3(O)[C@H]3COCC[C@H]32)cc1. The number of fused-ring (bicyclic) bond motifs is 3. The number of benzene rings is 1. The van der Waals surface area contributed by atoms with Gasteiger partial charge in [-0.25, -0.2) is 0 Å². The molecule has 0 saturated carbocycles. The van der Waals surface area contributed by atoms with Gasteiger partial charge >= 0.3 is 0 Å². The molecule has 3 fully saturated rings. The average molecular weight is 363 g/mol. The standard InChI is InChI=1S/C19H25NO4S/c1-25-15-4-2-13(3-5-15)18(21)20-10-14-11-24-9-7-19(14,22)16-12-23-8-6-17(16)20/h2-5,14,16-17,22H,6-12H2,1H3/t14-,16+,17-,19-/m1/s1. The number of hydrogen-bond donors (Lipinski definition) is 1. The molecule has 3 aliphatic heterocycles. The molecule has 3 heterocycles. The van der Waals surface area contributed by atoms with Crippen molar-refractivity contribution < 1.29 is 19.4 Å². The molecule has 1 amide bonds. The minimum atomic E-state index is -0.775. The quantitative estimate of drug-likeness (QED) is 0.815. The van der Waals surface area contributed by atoms with Gasteiger partial charge in [-0.1, -0.05) is 0 Å². The zero-order chi connectivity index (χ0) is 17.4. The van der Waals surface area contributed by atoms with Crippen molar-refractivity contribution in [2.24, 2.45) is 11.8 Å². The maximum absolute atomic E-state index is 13.2. The van der Waals surface area contributed by atoms with Crippen LogP contribution in [-0.4, -0.2) is 66.8 Å². The van der Waals surface area contributed by atoms with Crippen LogP contribution in [0.4, 0.5) is 0 Å². The number of aliphatic hydroxyl groups is 1. The number of carbonyl (C=O) groups is 1. The highest BCUT2D eigenvalue weighted by atomic mass is 32.2. The zero-order valence-corrected chi connectivity index (χ0v) is 15.3. The summed E-state index contributed by atoms with van der Waals surface area (Å²) in [5.74, 6) is -0.0193.